The zero-order valence-electron chi connectivity index (χ0n) is 26.1. The molecular weight excluding hydrogens is 565 g/mol. The van der Waals surface area contributed by atoms with Gasteiger partial charge in [0.15, 0.2) is 16.7 Å². The lowest BCUT2D eigenvalue weighted by atomic mass is 9.80. The van der Waals surface area contributed by atoms with E-state index in [4.69, 9.17) is 0 Å². The Morgan fingerprint density at radius 3 is 2.29 bits per heavy atom. The molecule has 228 valence electrons. The summed E-state index contributed by atoms with van der Waals surface area (Å²) in [5.74, 6) is 0.522. The number of hydrogen-bond donors (Lipinski definition) is 0. The molecule has 1 aliphatic rings. The molecular formula is C40H37F3N2. The third kappa shape index (κ3) is 4.09. The number of fused-ring (bicyclic) bond motifs is 7. The van der Waals surface area contributed by atoms with E-state index < -0.39 is 11.6 Å². The summed E-state index contributed by atoms with van der Waals surface area (Å²) in [5, 5.41) is 6.73. The Morgan fingerprint density at radius 2 is 1.53 bits per heavy atom. The fraction of sp³-hybridized carbons (Fsp3) is 0.300. The number of pyridine rings is 1. The van der Waals surface area contributed by atoms with Gasteiger partial charge in [0.1, 0.15) is 5.52 Å². The molecule has 0 radical (unpaired) electrons. The zero-order chi connectivity index (χ0) is 31.2. The fourth-order valence-electron chi connectivity index (χ4n) is 8.22. The number of benzene rings is 4. The molecule has 3 heterocycles. The van der Waals surface area contributed by atoms with Crippen molar-refractivity contribution in [3.63, 3.8) is 0 Å². The average molecular weight is 603 g/mol. The number of rotatable bonds is 4. The van der Waals surface area contributed by atoms with E-state index in [9.17, 15) is 13.2 Å². The maximum Gasteiger partial charge on any atom is 0.394 e. The van der Waals surface area contributed by atoms with Gasteiger partial charge in [-0.05, 0) is 53.0 Å². The van der Waals surface area contributed by atoms with Crippen molar-refractivity contribution in [2.75, 3.05) is 0 Å². The normalized spacial score (nSPS) is 15.4. The number of halogens is 3. The molecule has 0 atom stereocenters. The molecule has 4 aromatic carbocycles. The van der Waals surface area contributed by atoms with Crippen molar-refractivity contribution in [1.82, 2.24) is 0 Å². The van der Waals surface area contributed by atoms with Crippen LogP contribution in [0.15, 0.2) is 79.0 Å². The quantitative estimate of drug-likeness (QED) is 0.140. The molecule has 1 saturated carbocycles. The van der Waals surface area contributed by atoms with Crippen molar-refractivity contribution < 1.29 is 21.8 Å². The highest BCUT2D eigenvalue weighted by Crippen LogP contribution is 2.45. The first-order valence-corrected chi connectivity index (χ1v) is 16.1. The van der Waals surface area contributed by atoms with Crippen molar-refractivity contribution in [3.8, 4) is 11.3 Å². The summed E-state index contributed by atoms with van der Waals surface area (Å²) in [6.45, 7) is 9.31. The zero-order valence-corrected chi connectivity index (χ0v) is 26.1. The van der Waals surface area contributed by atoms with Crippen LogP contribution in [0.3, 0.4) is 0 Å². The lowest BCUT2D eigenvalue weighted by molar-refractivity contribution is -0.497. The maximum absolute atomic E-state index is 14.1. The van der Waals surface area contributed by atoms with E-state index in [1.165, 1.54) is 73.4 Å². The molecule has 0 unspecified atom stereocenters. The highest BCUT2D eigenvalue weighted by Gasteiger charge is 2.47. The Balaban J connectivity index is 1.49. The van der Waals surface area contributed by atoms with E-state index in [0.29, 0.717) is 5.92 Å². The molecule has 0 amide bonds. The van der Waals surface area contributed by atoms with Gasteiger partial charge < -0.3 is 0 Å². The van der Waals surface area contributed by atoms with Crippen molar-refractivity contribution in [2.45, 2.75) is 71.4 Å². The summed E-state index contributed by atoms with van der Waals surface area (Å²) in [6, 6.07) is 25.4. The van der Waals surface area contributed by atoms with E-state index in [2.05, 4.69) is 72.6 Å². The Bertz CT molecular complexity index is 2330. The average Bonchev–Trinajstić information content (AvgIpc) is 3.54. The first kappa shape index (κ1) is 28.2. The number of aryl methyl sites for hydroxylation is 1. The van der Waals surface area contributed by atoms with Crippen LogP contribution >= 0.6 is 0 Å². The van der Waals surface area contributed by atoms with Crippen LogP contribution in [0.25, 0.3) is 60.1 Å². The van der Waals surface area contributed by atoms with Gasteiger partial charge in [0, 0.05) is 10.8 Å². The topological polar surface area (TPSA) is 10.0 Å². The van der Waals surface area contributed by atoms with Crippen LogP contribution in [0.1, 0.15) is 68.6 Å². The second-order valence-electron chi connectivity index (χ2n) is 13.8. The second-order valence-corrected chi connectivity index (χ2v) is 13.8. The molecule has 0 aliphatic heterocycles. The standard InChI is InChI=1S/C40H37F3N2/c1-24-27-15-8-9-16-28(27)33(25-12-6-5-7-13-25)22-32(24)37-38-30(20-21-44(37)4)29-17-11-18-31-35-26(23-39(2,3)40(41,42)43)14-10-19-34(35)45(38)36(29)31/h8-11,14-22,25H,4-7,12-13,23H2,1-3H3. The predicted octanol–water partition coefficient (Wildman–Crippen LogP) is 10.3. The first-order chi connectivity index (χ1) is 21.6. The molecule has 8 rings (SSSR count). The summed E-state index contributed by atoms with van der Waals surface area (Å²) in [7, 11) is 0. The van der Waals surface area contributed by atoms with Gasteiger partial charge in [0.05, 0.1) is 18.3 Å². The van der Waals surface area contributed by atoms with Crippen molar-refractivity contribution in [1.29, 1.82) is 0 Å². The maximum atomic E-state index is 14.1. The molecule has 3 aromatic heterocycles. The number of para-hydroxylation sites is 1. The van der Waals surface area contributed by atoms with E-state index in [0.717, 1.165) is 49.4 Å². The minimum atomic E-state index is -4.31. The number of alkyl halides is 3. The third-order valence-corrected chi connectivity index (χ3v) is 10.6. The first-order valence-electron chi connectivity index (χ1n) is 16.1. The monoisotopic (exact) mass is 602 g/mol. The summed E-state index contributed by atoms with van der Waals surface area (Å²) in [4.78, 5) is 0. The molecule has 7 aromatic rings. The minimum Gasteiger partial charge on any atom is -0.266 e. The lowest BCUT2D eigenvalue weighted by Crippen LogP contribution is -2.34. The molecule has 45 heavy (non-hydrogen) atoms. The van der Waals surface area contributed by atoms with Crippen LogP contribution in [0.4, 0.5) is 13.2 Å². The van der Waals surface area contributed by atoms with Gasteiger partial charge in [0.2, 0.25) is 0 Å². The van der Waals surface area contributed by atoms with E-state index in [-0.39, 0.29) is 6.42 Å². The van der Waals surface area contributed by atoms with Gasteiger partial charge in [-0.3, -0.25) is 4.24 Å². The van der Waals surface area contributed by atoms with Crippen molar-refractivity contribution >= 4 is 48.9 Å². The van der Waals surface area contributed by atoms with Gasteiger partial charge in [-0.2, -0.15) is 13.2 Å². The van der Waals surface area contributed by atoms with Crippen molar-refractivity contribution in [2.24, 2.45) is 5.41 Å². The third-order valence-electron chi connectivity index (χ3n) is 10.6. The second kappa shape index (κ2) is 9.87. The molecule has 0 spiro atoms. The van der Waals surface area contributed by atoms with E-state index in [1.807, 2.05) is 28.6 Å². The SMILES string of the molecule is C=[n+]1ccc2c3cccc4c5c(CC(C)(C)C(F)(F)F)cccc5[n+](c43)[c-]2[c-]1-c1cc(C2CCCCC2)c2ccccc2c1C. The van der Waals surface area contributed by atoms with Gasteiger partial charge in [-0.1, -0.05) is 117 Å². The molecule has 0 bridgehead atoms. The minimum absolute atomic E-state index is 0.0877. The largest absolute Gasteiger partial charge is 0.394 e. The van der Waals surface area contributed by atoms with E-state index >= 15 is 0 Å². The van der Waals surface area contributed by atoms with Gasteiger partial charge >= 0.3 is 6.18 Å². The number of hydrogen-bond acceptors (Lipinski definition) is 0. The van der Waals surface area contributed by atoms with Crippen LogP contribution in [-0.4, -0.2) is 6.18 Å². The Hall–Kier alpha value is -4.25. The van der Waals surface area contributed by atoms with Gasteiger partial charge in [-0.25, -0.2) is 4.40 Å². The molecule has 1 aliphatic carbocycles. The Morgan fingerprint density at radius 1 is 0.844 bits per heavy atom. The Labute approximate surface area is 260 Å². The van der Waals surface area contributed by atoms with Crippen LogP contribution in [-0.2, 0) is 6.42 Å². The van der Waals surface area contributed by atoms with Gasteiger partial charge in [-0.15, -0.1) is 11.6 Å². The molecule has 2 nitrogen and oxygen atoms in total. The molecule has 0 saturated heterocycles. The fourth-order valence-corrected chi connectivity index (χ4v) is 8.22. The van der Waals surface area contributed by atoms with Crippen LogP contribution < -0.4 is 8.64 Å². The van der Waals surface area contributed by atoms with Crippen molar-refractivity contribution in [3.05, 3.63) is 102 Å². The lowest BCUT2D eigenvalue weighted by Gasteiger charge is -2.28. The summed E-state index contributed by atoms with van der Waals surface area (Å²) in [6.07, 6.45) is 3.88. The van der Waals surface area contributed by atoms with Crippen LogP contribution in [0, 0.1) is 19.1 Å². The van der Waals surface area contributed by atoms with Crippen LogP contribution in [0.2, 0.25) is 0 Å². The number of nitrogens with zero attached hydrogens (tertiary/aromatic N) is 2. The highest BCUT2D eigenvalue weighted by molar-refractivity contribution is 6.19. The molecule has 0 N–H and O–H groups in total. The predicted molar refractivity (Wildman–Crippen MR) is 177 cm³/mol. The summed E-state index contributed by atoms with van der Waals surface area (Å²) in [5.41, 5.74) is 6.74. The summed E-state index contributed by atoms with van der Waals surface area (Å²) >= 11 is 0. The Kier molecular flexibility index (Phi) is 6.20. The van der Waals surface area contributed by atoms with Gasteiger partial charge in [0.25, 0.3) is 0 Å². The van der Waals surface area contributed by atoms with Crippen LogP contribution in [0.5, 0.6) is 0 Å². The smallest absolute Gasteiger partial charge is 0.266 e. The van der Waals surface area contributed by atoms with E-state index in [1.54, 1.807) is 0 Å². The summed E-state index contributed by atoms with van der Waals surface area (Å²) < 4.78 is 46.6. The highest BCUT2D eigenvalue weighted by atomic mass is 19.4. The molecule has 1 fully saturated rings. The molecule has 5 heteroatoms. The number of aromatic nitrogens is 2.